The van der Waals surface area contributed by atoms with Crippen molar-refractivity contribution in [3.63, 3.8) is 0 Å². The Kier molecular flexibility index (Phi) is 4.54. The Bertz CT molecular complexity index is 574. The summed E-state index contributed by atoms with van der Waals surface area (Å²) in [7, 11) is 0. The first-order chi connectivity index (χ1) is 9.49. The Morgan fingerprint density at radius 3 is 2.55 bits per heavy atom. The molecule has 0 bridgehead atoms. The van der Waals surface area contributed by atoms with Crippen LogP contribution >= 0.6 is 15.9 Å². The molecule has 0 heterocycles. The third-order valence-electron chi connectivity index (χ3n) is 3.27. The Labute approximate surface area is 123 Å². The van der Waals surface area contributed by atoms with E-state index in [4.69, 9.17) is 5.11 Å². The van der Waals surface area contributed by atoms with Crippen molar-refractivity contribution in [1.82, 2.24) is 0 Å². The van der Waals surface area contributed by atoms with Crippen LogP contribution in [-0.2, 0) is 9.59 Å². The molecule has 106 valence electrons. The minimum atomic E-state index is -1.01. The largest absolute Gasteiger partial charge is 0.481 e. The van der Waals surface area contributed by atoms with Gasteiger partial charge in [-0.2, -0.15) is 0 Å². The van der Waals surface area contributed by atoms with Crippen LogP contribution in [0.2, 0.25) is 0 Å². The van der Waals surface area contributed by atoms with E-state index in [2.05, 4.69) is 21.2 Å². The molecule has 0 radical (unpaired) electrons. The second-order valence-corrected chi connectivity index (χ2v) is 5.52. The van der Waals surface area contributed by atoms with Gasteiger partial charge in [0.2, 0.25) is 5.91 Å². The number of carbonyl (C=O) groups is 2. The second kappa shape index (κ2) is 6.17. The number of carboxylic acid groups (broad SMARTS) is 1. The summed E-state index contributed by atoms with van der Waals surface area (Å²) < 4.78 is 14.2. The quantitative estimate of drug-likeness (QED) is 0.829. The molecule has 20 heavy (non-hydrogen) atoms. The van der Waals surface area contributed by atoms with Crippen molar-refractivity contribution in [2.45, 2.75) is 12.8 Å². The van der Waals surface area contributed by atoms with E-state index in [0.717, 1.165) is 0 Å². The number of benzene rings is 1. The molecule has 1 aliphatic carbocycles. The lowest BCUT2D eigenvalue weighted by molar-refractivity contribution is -0.146. The highest BCUT2D eigenvalue weighted by molar-refractivity contribution is 9.10. The Morgan fingerprint density at radius 1 is 1.25 bits per heavy atom. The number of anilines is 1. The van der Waals surface area contributed by atoms with Gasteiger partial charge in [-0.25, -0.2) is 4.39 Å². The molecule has 1 amide bonds. The summed E-state index contributed by atoms with van der Waals surface area (Å²) in [5.41, 5.74) is 0.0445. The average Bonchev–Trinajstić information content (AvgIpc) is 2.42. The first-order valence-electron chi connectivity index (χ1n) is 6.12. The Morgan fingerprint density at radius 2 is 1.90 bits per heavy atom. The maximum absolute atomic E-state index is 13.6. The van der Waals surface area contributed by atoms with E-state index in [0.29, 0.717) is 17.3 Å². The number of halogens is 2. The molecule has 4 nitrogen and oxygen atoms in total. The molecule has 0 spiro atoms. The summed E-state index contributed by atoms with van der Waals surface area (Å²) in [6.07, 6.45) is 4.19. The molecule has 2 unspecified atom stereocenters. The lowest BCUT2D eigenvalue weighted by Crippen LogP contribution is -2.34. The van der Waals surface area contributed by atoms with Crippen LogP contribution in [-0.4, -0.2) is 17.0 Å². The lowest BCUT2D eigenvalue weighted by atomic mass is 9.82. The van der Waals surface area contributed by atoms with Gasteiger partial charge >= 0.3 is 5.97 Å². The predicted octanol–water partition coefficient (Wildman–Crippen LogP) is 3.19. The van der Waals surface area contributed by atoms with E-state index in [-0.39, 0.29) is 5.69 Å². The zero-order valence-electron chi connectivity index (χ0n) is 10.5. The molecule has 0 aromatic heterocycles. The van der Waals surface area contributed by atoms with Crippen LogP contribution in [0.15, 0.2) is 34.8 Å². The molecule has 0 aliphatic heterocycles. The zero-order chi connectivity index (χ0) is 14.7. The van der Waals surface area contributed by atoms with Crippen molar-refractivity contribution in [2.24, 2.45) is 11.8 Å². The molecule has 0 saturated heterocycles. The van der Waals surface area contributed by atoms with Crippen molar-refractivity contribution >= 4 is 33.5 Å². The van der Waals surface area contributed by atoms with Gasteiger partial charge in [0.15, 0.2) is 0 Å². The van der Waals surface area contributed by atoms with Gasteiger partial charge in [0.25, 0.3) is 0 Å². The van der Waals surface area contributed by atoms with Crippen molar-refractivity contribution in [2.75, 3.05) is 5.32 Å². The van der Waals surface area contributed by atoms with Crippen LogP contribution in [0.3, 0.4) is 0 Å². The van der Waals surface area contributed by atoms with E-state index in [1.54, 1.807) is 12.2 Å². The maximum Gasteiger partial charge on any atom is 0.307 e. The highest BCUT2D eigenvalue weighted by atomic mass is 79.9. The second-order valence-electron chi connectivity index (χ2n) is 4.61. The third kappa shape index (κ3) is 3.25. The average molecular weight is 342 g/mol. The molecule has 2 atom stereocenters. The number of allylic oxidation sites excluding steroid dienone is 2. The highest BCUT2D eigenvalue weighted by Gasteiger charge is 2.34. The van der Waals surface area contributed by atoms with Gasteiger partial charge in [-0.3, -0.25) is 9.59 Å². The van der Waals surface area contributed by atoms with Gasteiger partial charge in [-0.05, 0) is 31.0 Å². The number of carboxylic acids is 1. The molecule has 1 aromatic carbocycles. The van der Waals surface area contributed by atoms with Crippen molar-refractivity contribution in [1.29, 1.82) is 0 Å². The summed E-state index contributed by atoms with van der Waals surface area (Å²) in [6, 6.07) is 4.20. The van der Waals surface area contributed by atoms with Crippen molar-refractivity contribution < 1.29 is 19.1 Å². The zero-order valence-corrected chi connectivity index (χ0v) is 12.1. The number of amides is 1. The highest BCUT2D eigenvalue weighted by Crippen LogP contribution is 2.28. The maximum atomic E-state index is 13.6. The minimum Gasteiger partial charge on any atom is -0.481 e. The molecule has 6 heteroatoms. The first kappa shape index (κ1) is 14.7. The molecule has 2 rings (SSSR count). The fourth-order valence-corrected chi connectivity index (χ4v) is 2.56. The van der Waals surface area contributed by atoms with Gasteiger partial charge in [0, 0.05) is 4.47 Å². The van der Waals surface area contributed by atoms with E-state index in [1.165, 1.54) is 18.2 Å². The predicted molar refractivity (Wildman–Crippen MR) is 75.7 cm³/mol. The summed E-state index contributed by atoms with van der Waals surface area (Å²) in [5, 5.41) is 11.6. The summed E-state index contributed by atoms with van der Waals surface area (Å²) in [5.74, 6) is -3.49. The van der Waals surface area contributed by atoms with Gasteiger partial charge in [-0.1, -0.05) is 28.1 Å². The molecule has 0 saturated carbocycles. The molecule has 2 N–H and O–H groups in total. The number of hydrogen-bond donors (Lipinski definition) is 2. The van der Waals surface area contributed by atoms with Crippen LogP contribution in [0.1, 0.15) is 12.8 Å². The van der Waals surface area contributed by atoms with Crippen LogP contribution in [0.25, 0.3) is 0 Å². The summed E-state index contributed by atoms with van der Waals surface area (Å²) in [4.78, 5) is 23.3. The smallest absolute Gasteiger partial charge is 0.307 e. The van der Waals surface area contributed by atoms with Crippen LogP contribution in [0.4, 0.5) is 10.1 Å². The SMILES string of the molecule is O=C(O)C1CC=CCC1C(=O)Nc1cc(Br)ccc1F. The lowest BCUT2D eigenvalue weighted by Gasteiger charge is -2.24. The van der Waals surface area contributed by atoms with Crippen LogP contribution in [0, 0.1) is 17.7 Å². The van der Waals surface area contributed by atoms with Crippen LogP contribution < -0.4 is 5.32 Å². The fourth-order valence-electron chi connectivity index (χ4n) is 2.20. The normalized spacial score (nSPS) is 21.5. The topological polar surface area (TPSA) is 66.4 Å². The van der Waals surface area contributed by atoms with Gasteiger partial charge < -0.3 is 10.4 Å². The van der Waals surface area contributed by atoms with Gasteiger partial charge in [-0.15, -0.1) is 0 Å². The monoisotopic (exact) mass is 341 g/mol. The van der Waals surface area contributed by atoms with E-state index in [1.807, 2.05) is 0 Å². The van der Waals surface area contributed by atoms with Crippen LogP contribution in [0.5, 0.6) is 0 Å². The van der Waals surface area contributed by atoms with E-state index < -0.39 is 29.5 Å². The van der Waals surface area contributed by atoms with E-state index >= 15 is 0 Å². The molecule has 1 aromatic rings. The summed E-state index contributed by atoms with van der Waals surface area (Å²) >= 11 is 3.19. The number of rotatable bonds is 3. The molecule has 0 fully saturated rings. The van der Waals surface area contributed by atoms with Crippen molar-refractivity contribution in [3.05, 3.63) is 40.6 Å². The van der Waals surface area contributed by atoms with Gasteiger partial charge in [0.1, 0.15) is 5.82 Å². The van der Waals surface area contributed by atoms with Crippen molar-refractivity contribution in [3.8, 4) is 0 Å². The number of hydrogen-bond acceptors (Lipinski definition) is 2. The standard InChI is InChI=1S/C14H13BrFNO3/c15-8-5-6-11(16)12(7-8)17-13(18)9-3-1-2-4-10(9)14(19)20/h1-2,5-7,9-10H,3-4H2,(H,17,18)(H,19,20). The Balaban J connectivity index is 2.16. The summed E-state index contributed by atoms with van der Waals surface area (Å²) in [6.45, 7) is 0. The third-order valence-corrected chi connectivity index (χ3v) is 3.77. The first-order valence-corrected chi connectivity index (χ1v) is 6.92. The molecule has 1 aliphatic rings. The number of nitrogens with one attached hydrogen (secondary N) is 1. The Hall–Kier alpha value is -1.69. The molecular formula is C14H13BrFNO3. The number of aliphatic carboxylic acids is 1. The number of carbonyl (C=O) groups excluding carboxylic acids is 1. The minimum absolute atomic E-state index is 0.0445. The van der Waals surface area contributed by atoms with Gasteiger partial charge in [0.05, 0.1) is 17.5 Å². The van der Waals surface area contributed by atoms with E-state index in [9.17, 15) is 14.0 Å². The fraction of sp³-hybridized carbons (Fsp3) is 0.286. The molecular weight excluding hydrogens is 329 g/mol.